The molecule has 0 aliphatic carbocycles. The van der Waals surface area contributed by atoms with Crippen molar-refractivity contribution in [2.75, 3.05) is 44.1 Å². The monoisotopic (exact) mass is 265 g/mol. The summed E-state index contributed by atoms with van der Waals surface area (Å²) in [6.45, 7) is 1.70. The van der Waals surface area contributed by atoms with Gasteiger partial charge in [-0.2, -0.15) is 0 Å². The fourth-order valence-electron chi connectivity index (χ4n) is 1.92. The normalized spacial score (nSPS) is 15.4. The van der Waals surface area contributed by atoms with E-state index in [0.717, 1.165) is 18.0 Å². The van der Waals surface area contributed by atoms with Crippen molar-refractivity contribution in [3.8, 4) is 5.75 Å². The number of hydrogen-bond acceptors (Lipinski definition) is 5. The van der Waals surface area contributed by atoms with Crippen molar-refractivity contribution in [1.82, 2.24) is 0 Å². The average molecular weight is 265 g/mol. The van der Waals surface area contributed by atoms with Gasteiger partial charge >= 0.3 is 0 Å². The van der Waals surface area contributed by atoms with Crippen molar-refractivity contribution in [3.63, 3.8) is 0 Å². The maximum absolute atomic E-state index is 11.8. The fraction of sp³-hybridized carbons (Fsp3) is 0.462. The number of benzene rings is 1. The molecular weight excluding hydrogens is 246 g/mol. The molecule has 19 heavy (non-hydrogen) atoms. The van der Waals surface area contributed by atoms with E-state index >= 15 is 0 Å². The Morgan fingerprint density at radius 3 is 3.16 bits per heavy atom. The van der Waals surface area contributed by atoms with Crippen molar-refractivity contribution in [2.24, 2.45) is 5.73 Å². The van der Waals surface area contributed by atoms with Crippen LogP contribution in [-0.2, 0) is 9.53 Å². The summed E-state index contributed by atoms with van der Waals surface area (Å²) < 4.78 is 10.4. The van der Waals surface area contributed by atoms with E-state index in [4.69, 9.17) is 15.2 Å². The predicted molar refractivity (Wildman–Crippen MR) is 73.7 cm³/mol. The molecule has 1 atom stereocenters. The molecule has 1 aromatic carbocycles. The molecule has 2 rings (SSSR count). The number of ether oxygens (including phenoxy) is 2. The molecule has 0 saturated carbocycles. The van der Waals surface area contributed by atoms with E-state index in [9.17, 15) is 4.79 Å². The number of likely N-dealkylation sites (N-methyl/N-ethyl adjacent to an activating group) is 1. The smallest absolute Gasteiger partial charge is 0.243 e. The van der Waals surface area contributed by atoms with E-state index in [2.05, 4.69) is 10.2 Å². The summed E-state index contributed by atoms with van der Waals surface area (Å²) in [4.78, 5) is 13.9. The summed E-state index contributed by atoms with van der Waals surface area (Å²) in [5, 5.41) is 2.77. The number of carbonyl (C=O) groups is 1. The Balaban J connectivity index is 2.09. The maximum Gasteiger partial charge on any atom is 0.243 e. The largest absolute Gasteiger partial charge is 0.490 e. The van der Waals surface area contributed by atoms with Crippen molar-refractivity contribution >= 4 is 17.3 Å². The van der Waals surface area contributed by atoms with Gasteiger partial charge in [0.15, 0.2) is 0 Å². The number of nitrogens with two attached hydrogens (primary N) is 1. The van der Waals surface area contributed by atoms with Gasteiger partial charge in [-0.05, 0) is 18.2 Å². The van der Waals surface area contributed by atoms with Crippen LogP contribution in [0, 0.1) is 0 Å². The molecule has 1 aliphatic heterocycles. The van der Waals surface area contributed by atoms with Gasteiger partial charge in [0.1, 0.15) is 18.4 Å². The molecular formula is C13H19N3O3. The van der Waals surface area contributed by atoms with E-state index < -0.39 is 6.04 Å². The summed E-state index contributed by atoms with van der Waals surface area (Å²) in [7, 11) is 3.50. The zero-order chi connectivity index (χ0) is 13.8. The van der Waals surface area contributed by atoms with E-state index in [0.29, 0.717) is 12.3 Å². The quantitative estimate of drug-likeness (QED) is 0.825. The minimum absolute atomic E-state index is 0.194. The molecule has 1 amide bonds. The standard InChI is InChI=1S/C13H19N3O3/c1-16-5-6-19-12-4-3-9(7-11(12)16)15-13(17)10(14)8-18-2/h3-4,7,10H,5-6,8,14H2,1-2H3,(H,15,17). The lowest BCUT2D eigenvalue weighted by Crippen LogP contribution is -2.39. The van der Waals surface area contributed by atoms with Crippen LogP contribution in [-0.4, -0.2) is 45.9 Å². The Bertz CT molecular complexity index is 464. The second kappa shape index (κ2) is 5.90. The summed E-state index contributed by atoms with van der Waals surface area (Å²) in [6.07, 6.45) is 0. The maximum atomic E-state index is 11.8. The molecule has 1 unspecified atom stereocenters. The molecule has 104 valence electrons. The number of methoxy groups -OCH3 is 1. The third-order valence-electron chi connectivity index (χ3n) is 3.00. The van der Waals surface area contributed by atoms with Gasteiger partial charge in [-0.15, -0.1) is 0 Å². The van der Waals surface area contributed by atoms with E-state index in [1.807, 2.05) is 19.2 Å². The van der Waals surface area contributed by atoms with Gasteiger partial charge in [-0.3, -0.25) is 4.79 Å². The van der Waals surface area contributed by atoms with Crippen LogP contribution in [0.1, 0.15) is 0 Å². The van der Waals surface area contributed by atoms with Crippen molar-refractivity contribution < 1.29 is 14.3 Å². The van der Waals surface area contributed by atoms with Crippen molar-refractivity contribution in [1.29, 1.82) is 0 Å². The molecule has 6 heteroatoms. The lowest BCUT2D eigenvalue weighted by Gasteiger charge is -2.28. The van der Waals surface area contributed by atoms with Crippen LogP contribution in [0.5, 0.6) is 5.75 Å². The Morgan fingerprint density at radius 1 is 1.63 bits per heavy atom. The summed E-state index contributed by atoms with van der Waals surface area (Å²) in [5.74, 6) is 0.564. The topological polar surface area (TPSA) is 76.8 Å². The van der Waals surface area contributed by atoms with Crippen molar-refractivity contribution in [2.45, 2.75) is 6.04 Å². The first kappa shape index (κ1) is 13.6. The molecule has 3 N–H and O–H groups in total. The van der Waals surface area contributed by atoms with Gasteiger partial charge in [0.25, 0.3) is 0 Å². The second-order valence-corrected chi connectivity index (χ2v) is 4.50. The molecule has 6 nitrogen and oxygen atoms in total. The van der Waals surface area contributed by atoms with E-state index in [-0.39, 0.29) is 12.5 Å². The number of rotatable bonds is 4. The van der Waals surface area contributed by atoms with Gasteiger partial charge in [-0.25, -0.2) is 0 Å². The molecule has 0 spiro atoms. The molecule has 0 fully saturated rings. The van der Waals surface area contributed by atoms with Crippen LogP contribution in [0.2, 0.25) is 0 Å². The lowest BCUT2D eigenvalue weighted by molar-refractivity contribution is -0.118. The lowest BCUT2D eigenvalue weighted by atomic mass is 10.2. The van der Waals surface area contributed by atoms with Crippen molar-refractivity contribution in [3.05, 3.63) is 18.2 Å². The van der Waals surface area contributed by atoms with Gasteiger partial charge in [0.2, 0.25) is 5.91 Å². The summed E-state index contributed by atoms with van der Waals surface area (Å²) >= 11 is 0. The highest BCUT2D eigenvalue weighted by Gasteiger charge is 2.17. The SMILES string of the molecule is COCC(N)C(=O)Nc1ccc2c(c1)N(C)CCO2. The summed E-state index contributed by atoms with van der Waals surface area (Å²) in [5.41, 5.74) is 7.33. The minimum atomic E-state index is -0.671. The number of amides is 1. The third-order valence-corrected chi connectivity index (χ3v) is 3.00. The summed E-state index contributed by atoms with van der Waals surface area (Å²) in [6, 6.07) is 4.86. The van der Waals surface area contributed by atoms with Crippen LogP contribution in [0.3, 0.4) is 0 Å². The minimum Gasteiger partial charge on any atom is -0.490 e. The third kappa shape index (κ3) is 3.15. The zero-order valence-electron chi connectivity index (χ0n) is 11.2. The average Bonchev–Trinajstić information content (AvgIpc) is 2.40. The predicted octanol–water partition coefficient (Wildman–Crippen LogP) is 0.427. The fourth-order valence-corrected chi connectivity index (χ4v) is 1.92. The zero-order valence-corrected chi connectivity index (χ0v) is 11.2. The molecule has 1 aliphatic rings. The number of nitrogens with one attached hydrogen (secondary N) is 1. The van der Waals surface area contributed by atoms with E-state index in [1.165, 1.54) is 7.11 Å². The van der Waals surface area contributed by atoms with Crippen LogP contribution < -0.4 is 20.7 Å². The Kier molecular flexibility index (Phi) is 4.24. The molecule has 0 aromatic heterocycles. The Morgan fingerprint density at radius 2 is 2.42 bits per heavy atom. The van der Waals surface area contributed by atoms with Gasteiger partial charge in [-0.1, -0.05) is 0 Å². The molecule has 0 radical (unpaired) electrons. The second-order valence-electron chi connectivity index (χ2n) is 4.50. The van der Waals surface area contributed by atoms with Crippen LogP contribution in [0.4, 0.5) is 11.4 Å². The van der Waals surface area contributed by atoms with Gasteiger partial charge in [0, 0.05) is 19.8 Å². The number of fused-ring (bicyclic) bond motifs is 1. The van der Waals surface area contributed by atoms with Gasteiger partial charge in [0.05, 0.1) is 18.8 Å². The van der Waals surface area contributed by atoms with Crippen LogP contribution >= 0.6 is 0 Å². The first-order valence-corrected chi connectivity index (χ1v) is 6.15. The highest BCUT2D eigenvalue weighted by Crippen LogP contribution is 2.33. The number of hydrogen-bond donors (Lipinski definition) is 2. The molecule has 0 saturated heterocycles. The van der Waals surface area contributed by atoms with Crippen LogP contribution in [0.15, 0.2) is 18.2 Å². The number of anilines is 2. The van der Waals surface area contributed by atoms with E-state index in [1.54, 1.807) is 6.07 Å². The Labute approximate surface area is 112 Å². The highest BCUT2D eigenvalue weighted by molar-refractivity contribution is 5.95. The Hall–Kier alpha value is -1.79. The van der Waals surface area contributed by atoms with Crippen LogP contribution in [0.25, 0.3) is 0 Å². The molecule has 0 bridgehead atoms. The molecule has 1 heterocycles. The first-order chi connectivity index (χ1) is 9.11. The number of nitrogens with zero attached hydrogens (tertiary/aromatic N) is 1. The van der Waals surface area contributed by atoms with Gasteiger partial charge < -0.3 is 25.4 Å². The highest BCUT2D eigenvalue weighted by atomic mass is 16.5. The molecule has 1 aromatic rings. The number of carbonyl (C=O) groups excluding carboxylic acids is 1. The first-order valence-electron chi connectivity index (χ1n) is 6.15.